The summed E-state index contributed by atoms with van der Waals surface area (Å²) in [5.74, 6) is 2.14. The van der Waals surface area contributed by atoms with Crippen molar-refractivity contribution in [1.29, 1.82) is 0 Å². The minimum Gasteiger partial charge on any atom is -0.379 e. The quantitative estimate of drug-likeness (QED) is 0.316. The Morgan fingerprint density at radius 2 is 1.98 bits per heavy atom. The smallest absolute Gasteiger partial charge is 0.254 e. The van der Waals surface area contributed by atoms with Crippen LogP contribution in [0, 0.1) is 5.92 Å². The standard InChI is InChI=1S/C26H31N7O2.C5H12O/c1-4-17-10-23(33(24(17)28-2)12-16-5-6-16)25-30-21-9-18(7-8-22(21)31(25)3)26(35)32-13-19(27)11-20(14-32)29-15-34;1-5(2,3)6-4/h4,7-10,15-16,19-20H,1-2,5-6,11-14,27H2,3H3,(H,29,34);1-4H3. The van der Waals surface area contributed by atoms with Crippen LogP contribution >= 0.6 is 0 Å². The minimum atomic E-state index is -0.179. The summed E-state index contributed by atoms with van der Waals surface area (Å²) in [6, 6.07) is 7.32. The van der Waals surface area contributed by atoms with Crippen molar-refractivity contribution in [1.82, 2.24) is 24.3 Å². The highest BCUT2D eigenvalue weighted by Gasteiger charge is 2.30. The molecule has 2 aromatic heterocycles. The summed E-state index contributed by atoms with van der Waals surface area (Å²) in [6.45, 7) is 15.5. The van der Waals surface area contributed by atoms with Gasteiger partial charge in [0.05, 0.1) is 22.3 Å². The number of methoxy groups -OCH3 is 1. The van der Waals surface area contributed by atoms with Crippen molar-refractivity contribution in [3.8, 4) is 11.5 Å². The molecule has 41 heavy (non-hydrogen) atoms. The Hall–Kier alpha value is -3.76. The van der Waals surface area contributed by atoms with Gasteiger partial charge in [0.25, 0.3) is 5.91 Å². The van der Waals surface area contributed by atoms with Crippen molar-refractivity contribution >= 4 is 42.0 Å². The van der Waals surface area contributed by atoms with E-state index < -0.39 is 0 Å². The zero-order valence-corrected chi connectivity index (χ0v) is 24.9. The van der Waals surface area contributed by atoms with E-state index in [1.807, 2.05) is 50.6 Å². The van der Waals surface area contributed by atoms with Crippen molar-refractivity contribution in [2.45, 2.75) is 64.3 Å². The molecular formula is C31H43N7O3. The molecule has 2 amide bonds. The van der Waals surface area contributed by atoms with Crippen LogP contribution < -0.4 is 11.1 Å². The van der Waals surface area contributed by atoms with Crippen molar-refractivity contribution in [3.05, 3.63) is 42.0 Å². The van der Waals surface area contributed by atoms with Gasteiger partial charge in [-0.05, 0) is 76.9 Å². The van der Waals surface area contributed by atoms with Crippen LogP contribution in [-0.2, 0) is 23.1 Å². The molecule has 1 saturated heterocycles. The first-order valence-electron chi connectivity index (χ1n) is 14.1. The first kappa shape index (κ1) is 30.2. The largest absolute Gasteiger partial charge is 0.379 e. The third-order valence-corrected chi connectivity index (χ3v) is 7.65. The van der Waals surface area contributed by atoms with Crippen molar-refractivity contribution in [2.24, 2.45) is 23.7 Å². The van der Waals surface area contributed by atoms with Gasteiger partial charge in [0, 0.05) is 57.0 Å². The molecule has 1 aliphatic carbocycles. The Morgan fingerprint density at radius 3 is 2.56 bits per heavy atom. The Balaban J connectivity index is 0.000000585. The number of fused-ring (bicyclic) bond motifs is 1. The highest BCUT2D eigenvalue weighted by atomic mass is 16.5. The van der Waals surface area contributed by atoms with E-state index in [0.29, 0.717) is 37.4 Å². The maximum atomic E-state index is 13.3. The number of aryl methyl sites for hydroxylation is 1. The first-order valence-corrected chi connectivity index (χ1v) is 14.1. The van der Waals surface area contributed by atoms with Gasteiger partial charge in [-0.2, -0.15) is 0 Å². The maximum absolute atomic E-state index is 13.3. The number of likely N-dealkylation sites (tertiary alicyclic amines) is 1. The van der Waals surface area contributed by atoms with Gasteiger partial charge in [0.1, 0.15) is 5.82 Å². The van der Waals surface area contributed by atoms with Gasteiger partial charge in [-0.15, -0.1) is 0 Å². The van der Waals surface area contributed by atoms with Crippen LogP contribution in [0.2, 0.25) is 0 Å². The third-order valence-electron chi connectivity index (χ3n) is 7.65. The van der Waals surface area contributed by atoms with Crippen LogP contribution in [0.1, 0.15) is 56.0 Å². The summed E-state index contributed by atoms with van der Waals surface area (Å²) in [5.41, 5.74) is 10.3. The summed E-state index contributed by atoms with van der Waals surface area (Å²) in [5, 5.41) is 2.76. The number of nitrogens with one attached hydrogen (secondary N) is 1. The van der Waals surface area contributed by atoms with E-state index in [-0.39, 0.29) is 23.6 Å². The number of imidazole rings is 1. The molecule has 3 N–H and O–H groups in total. The normalized spacial score (nSPS) is 18.9. The van der Waals surface area contributed by atoms with E-state index in [1.54, 1.807) is 18.1 Å². The van der Waals surface area contributed by atoms with Crippen LogP contribution in [0.15, 0.2) is 35.8 Å². The van der Waals surface area contributed by atoms with Crippen LogP contribution in [0.3, 0.4) is 0 Å². The summed E-state index contributed by atoms with van der Waals surface area (Å²) >= 11 is 0. The second-order valence-corrected chi connectivity index (χ2v) is 11.9. The Labute approximate surface area is 242 Å². The number of benzene rings is 1. The molecule has 0 radical (unpaired) electrons. The van der Waals surface area contributed by atoms with Crippen LogP contribution in [0.4, 0.5) is 5.82 Å². The van der Waals surface area contributed by atoms with E-state index in [4.69, 9.17) is 15.5 Å². The first-order chi connectivity index (χ1) is 19.5. The predicted octanol–water partition coefficient (Wildman–Crippen LogP) is 4.15. The van der Waals surface area contributed by atoms with E-state index in [9.17, 15) is 9.59 Å². The number of ether oxygens (including phenoxy) is 1. The molecule has 1 aromatic carbocycles. The molecule has 0 spiro atoms. The second kappa shape index (κ2) is 12.4. The van der Waals surface area contributed by atoms with Crippen LogP contribution in [0.5, 0.6) is 0 Å². The molecule has 5 rings (SSSR count). The van der Waals surface area contributed by atoms with Gasteiger partial charge in [0.15, 0.2) is 5.82 Å². The number of carbonyl (C=O) groups is 2. The van der Waals surface area contributed by atoms with Gasteiger partial charge in [-0.25, -0.2) is 9.98 Å². The van der Waals surface area contributed by atoms with Gasteiger partial charge < -0.3 is 29.8 Å². The average Bonchev–Trinajstić information content (AvgIpc) is 3.61. The molecule has 2 aliphatic rings. The van der Waals surface area contributed by atoms with Crippen molar-refractivity contribution < 1.29 is 14.3 Å². The molecule has 2 fully saturated rings. The minimum absolute atomic E-state index is 0.0417. The van der Waals surface area contributed by atoms with Gasteiger partial charge in [-0.3, -0.25) is 9.59 Å². The highest BCUT2D eigenvalue weighted by molar-refractivity contribution is 5.98. The monoisotopic (exact) mass is 561 g/mol. The number of aromatic nitrogens is 3. The summed E-state index contributed by atoms with van der Waals surface area (Å²) in [4.78, 5) is 35.1. The van der Waals surface area contributed by atoms with Crippen molar-refractivity contribution in [2.75, 3.05) is 20.2 Å². The van der Waals surface area contributed by atoms with Gasteiger partial charge in [-0.1, -0.05) is 12.7 Å². The summed E-state index contributed by atoms with van der Waals surface area (Å²) in [6.07, 6.45) is 5.55. The third kappa shape index (κ3) is 6.94. The van der Waals surface area contributed by atoms with E-state index >= 15 is 0 Å². The lowest BCUT2D eigenvalue weighted by atomic mass is 10.0. The number of rotatable bonds is 8. The molecule has 3 heterocycles. The van der Waals surface area contributed by atoms with E-state index in [0.717, 1.165) is 40.5 Å². The fourth-order valence-corrected chi connectivity index (χ4v) is 5.08. The van der Waals surface area contributed by atoms with Crippen LogP contribution in [0.25, 0.3) is 28.6 Å². The van der Waals surface area contributed by atoms with Gasteiger partial charge in [0.2, 0.25) is 6.41 Å². The summed E-state index contributed by atoms with van der Waals surface area (Å²) < 4.78 is 9.17. The number of piperidine rings is 1. The SMILES string of the molecule is C=Cc1cc(-c2nc3cc(C(=O)N4CC(N)CC(NC=O)C4)ccc3n2C)n(CC2CC2)c1N=C.COC(C)(C)C. The van der Waals surface area contributed by atoms with E-state index in [1.165, 1.54) is 12.8 Å². The number of nitrogens with two attached hydrogens (primary N) is 1. The topological polar surface area (TPSA) is 120 Å². The molecule has 1 saturated carbocycles. The fourth-order valence-electron chi connectivity index (χ4n) is 5.08. The number of amides is 2. The second-order valence-electron chi connectivity index (χ2n) is 11.9. The molecule has 1 aliphatic heterocycles. The lowest BCUT2D eigenvalue weighted by Crippen LogP contribution is -2.55. The lowest BCUT2D eigenvalue weighted by Gasteiger charge is -2.36. The average molecular weight is 562 g/mol. The molecule has 220 valence electrons. The Morgan fingerprint density at radius 1 is 1.27 bits per heavy atom. The van der Waals surface area contributed by atoms with Gasteiger partial charge >= 0.3 is 0 Å². The van der Waals surface area contributed by atoms with Crippen LogP contribution in [-0.4, -0.2) is 75.9 Å². The predicted molar refractivity (Wildman–Crippen MR) is 164 cm³/mol. The Bertz CT molecular complexity index is 1430. The fraction of sp³-hybridized carbons (Fsp3) is 0.484. The lowest BCUT2D eigenvalue weighted by molar-refractivity contribution is -0.110. The molecule has 10 nitrogen and oxygen atoms in total. The molecule has 0 bridgehead atoms. The van der Waals surface area contributed by atoms with E-state index in [2.05, 4.69) is 34.2 Å². The molecule has 2 unspecified atom stereocenters. The summed E-state index contributed by atoms with van der Waals surface area (Å²) in [7, 11) is 3.69. The zero-order valence-electron chi connectivity index (χ0n) is 24.9. The number of carbonyl (C=O) groups excluding carboxylic acids is 2. The zero-order chi connectivity index (χ0) is 29.9. The highest BCUT2D eigenvalue weighted by Crippen LogP contribution is 2.38. The number of hydrogen-bond acceptors (Lipinski definition) is 6. The molecule has 10 heteroatoms. The number of aliphatic imine (C=N–C) groups is 1. The number of nitrogens with zero attached hydrogens (tertiary/aromatic N) is 5. The number of hydrogen-bond donors (Lipinski definition) is 2. The molecular weight excluding hydrogens is 518 g/mol. The Kier molecular flexibility index (Phi) is 9.14. The molecule has 2 atom stereocenters. The van der Waals surface area contributed by atoms with Crippen molar-refractivity contribution in [3.63, 3.8) is 0 Å². The molecule has 3 aromatic rings. The maximum Gasteiger partial charge on any atom is 0.254 e.